The Bertz CT molecular complexity index is 628. The number of amides is 1. The fourth-order valence-corrected chi connectivity index (χ4v) is 2.41. The molecule has 0 heterocycles. The average Bonchev–Trinajstić information content (AvgIpc) is 2.54. The summed E-state index contributed by atoms with van der Waals surface area (Å²) in [5.74, 6) is -0.603. The second-order valence-electron chi connectivity index (χ2n) is 4.12. The van der Waals surface area contributed by atoms with Gasteiger partial charge >= 0.3 is 5.97 Å². The fraction of sp³-hybridized carbons (Fsp3) is 0.125. The Morgan fingerprint density at radius 3 is 2.43 bits per heavy atom. The van der Waals surface area contributed by atoms with Gasteiger partial charge < -0.3 is 4.74 Å². The molecule has 0 fully saturated rings. The fourth-order valence-electron chi connectivity index (χ4n) is 1.68. The van der Waals surface area contributed by atoms with Crippen LogP contribution in [-0.2, 0) is 4.74 Å². The van der Waals surface area contributed by atoms with Gasteiger partial charge in [0.05, 0.1) is 12.2 Å². The van der Waals surface area contributed by atoms with Crippen molar-refractivity contribution in [3.05, 3.63) is 65.7 Å². The molecule has 0 aliphatic heterocycles. The predicted octanol–water partition coefficient (Wildman–Crippen LogP) is 3.30. The molecule has 0 aliphatic rings. The normalized spacial score (nSPS) is 9.95. The quantitative estimate of drug-likeness (QED) is 0.680. The standard InChI is InChI=1S/C16H15NO3S/c1-2-20-16(19)13-10-6-7-11-14(13)21-17-15(18)12-8-4-3-5-9-12/h3-11H,2H2,1H3,(H,17,18). The van der Waals surface area contributed by atoms with E-state index in [1.807, 2.05) is 6.07 Å². The molecule has 21 heavy (non-hydrogen) atoms. The second-order valence-corrected chi connectivity index (χ2v) is 4.96. The maximum Gasteiger partial charge on any atom is 0.339 e. The van der Waals surface area contributed by atoms with E-state index >= 15 is 0 Å². The summed E-state index contributed by atoms with van der Waals surface area (Å²) < 4.78 is 7.72. The van der Waals surface area contributed by atoms with E-state index in [1.165, 1.54) is 0 Å². The Morgan fingerprint density at radius 1 is 1.05 bits per heavy atom. The molecule has 0 saturated carbocycles. The van der Waals surface area contributed by atoms with Gasteiger partial charge in [-0.3, -0.25) is 9.52 Å². The molecule has 0 atom stereocenters. The van der Waals surface area contributed by atoms with Crippen molar-refractivity contribution in [2.75, 3.05) is 6.61 Å². The zero-order valence-corrected chi connectivity index (χ0v) is 12.4. The highest BCUT2D eigenvalue weighted by Gasteiger charge is 2.13. The Labute approximate surface area is 127 Å². The average molecular weight is 301 g/mol. The van der Waals surface area contributed by atoms with Crippen molar-refractivity contribution >= 4 is 23.8 Å². The summed E-state index contributed by atoms with van der Waals surface area (Å²) in [7, 11) is 0. The predicted molar refractivity (Wildman–Crippen MR) is 82.2 cm³/mol. The lowest BCUT2D eigenvalue weighted by Crippen LogP contribution is -2.16. The van der Waals surface area contributed by atoms with E-state index in [-0.39, 0.29) is 5.91 Å². The van der Waals surface area contributed by atoms with E-state index in [9.17, 15) is 9.59 Å². The number of nitrogens with one attached hydrogen (secondary N) is 1. The number of hydrogen-bond acceptors (Lipinski definition) is 4. The zero-order chi connectivity index (χ0) is 15.1. The Morgan fingerprint density at radius 2 is 1.71 bits per heavy atom. The molecule has 2 aromatic rings. The third kappa shape index (κ3) is 4.10. The lowest BCUT2D eigenvalue weighted by Gasteiger charge is -2.09. The van der Waals surface area contributed by atoms with Crippen LogP contribution in [0.25, 0.3) is 0 Å². The van der Waals surface area contributed by atoms with E-state index in [0.717, 1.165) is 11.9 Å². The first kappa shape index (κ1) is 15.1. The third-order valence-corrected chi connectivity index (χ3v) is 3.54. The van der Waals surface area contributed by atoms with Crippen LogP contribution >= 0.6 is 11.9 Å². The van der Waals surface area contributed by atoms with E-state index in [4.69, 9.17) is 4.74 Å². The number of carbonyl (C=O) groups is 2. The minimum absolute atomic E-state index is 0.209. The third-order valence-electron chi connectivity index (χ3n) is 2.67. The van der Waals surface area contributed by atoms with Crippen LogP contribution in [0.5, 0.6) is 0 Å². The molecule has 0 aliphatic carbocycles. The summed E-state index contributed by atoms with van der Waals surface area (Å²) in [4.78, 5) is 24.5. The molecule has 2 aromatic carbocycles. The molecular weight excluding hydrogens is 286 g/mol. The summed E-state index contributed by atoms with van der Waals surface area (Å²) >= 11 is 1.10. The van der Waals surface area contributed by atoms with Crippen molar-refractivity contribution in [1.29, 1.82) is 0 Å². The molecule has 0 saturated heterocycles. The van der Waals surface area contributed by atoms with Gasteiger partial charge in [0.1, 0.15) is 0 Å². The van der Waals surface area contributed by atoms with Gasteiger partial charge in [-0.15, -0.1) is 0 Å². The first-order valence-corrected chi connectivity index (χ1v) is 7.32. The molecule has 0 radical (unpaired) electrons. The van der Waals surface area contributed by atoms with Crippen molar-refractivity contribution in [2.24, 2.45) is 0 Å². The van der Waals surface area contributed by atoms with E-state index in [1.54, 1.807) is 55.5 Å². The maximum atomic E-state index is 12.0. The van der Waals surface area contributed by atoms with Crippen molar-refractivity contribution < 1.29 is 14.3 Å². The number of rotatable bonds is 5. The van der Waals surface area contributed by atoms with Gasteiger partial charge in [-0.1, -0.05) is 30.3 Å². The van der Waals surface area contributed by atoms with Crippen LogP contribution in [0.1, 0.15) is 27.6 Å². The van der Waals surface area contributed by atoms with Gasteiger partial charge in [0.2, 0.25) is 0 Å². The highest BCUT2D eigenvalue weighted by atomic mass is 32.2. The topological polar surface area (TPSA) is 55.4 Å². The van der Waals surface area contributed by atoms with Crippen LogP contribution in [0.4, 0.5) is 0 Å². The highest BCUT2D eigenvalue weighted by molar-refractivity contribution is 7.98. The SMILES string of the molecule is CCOC(=O)c1ccccc1SNC(=O)c1ccccc1. The molecule has 108 valence electrons. The Kier molecular flexibility index (Phi) is 5.40. The van der Waals surface area contributed by atoms with E-state index < -0.39 is 5.97 Å². The van der Waals surface area contributed by atoms with Gasteiger partial charge in [-0.2, -0.15) is 0 Å². The number of benzene rings is 2. The van der Waals surface area contributed by atoms with Crippen LogP contribution in [0.2, 0.25) is 0 Å². The second kappa shape index (κ2) is 7.50. The van der Waals surface area contributed by atoms with Crippen LogP contribution in [-0.4, -0.2) is 18.5 Å². The van der Waals surface area contributed by atoms with Gasteiger partial charge in [-0.25, -0.2) is 4.79 Å². The van der Waals surface area contributed by atoms with E-state index in [0.29, 0.717) is 22.6 Å². The van der Waals surface area contributed by atoms with Crippen LogP contribution in [0, 0.1) is 0 Å². The molecule has 0 spiro atoms. The van der Waals surface area contributed by atoms with Crippen molar-refractivity contribution in [1.82, 2.24) is 4.72 Å². The van der Waals surface area contributed by atoms with Crippen molar-refractivity contribution in [3.8, 4) is 0 Å². The lowest BCUT2D eigenvalue weighted by molar-refractivity contribution is 0.0522. The smallest absolute Gasteiger partial charge is 0.339 e. The summed E-state index contributed by atoms with van der Waals surface area (Å²) in [6.45, 7) is 2.07. The number of esters is 1. The van der Waals surface area contributed by atoms with Gasteiger partial charge in [0.25, 0.3) is 5.91 Å². The first-order valence-electron chi connectivity index (χ1n) is 6.50. The van der Waals surface area contributed by atoms with Gasteiger partial charge in [0, 0.05) is 10.5 Å². The zero-order valence-electron chi connectivity index (χ0n) is 11.5. The maximum absolute atomic E-state index is 12.0. The lowest BCUT2D eigenvalue weighted by atomic mass is 10.2. The minimum Gasteiger partial charge on any atom is -0.462 e. The molecular formula is C16H15NO3S. The number of ether oxygens (including phenoxy) is 1. The summed E-state index contributed by atoms with van der Waals surface area (Å²) in [6.07, 6.45) is 0. The molecule has 0 unspecified atom stereocenters. The molecule has 1 N–H and O–H groups in total. The minimum atomic E-state index is -0.394. The summed E-state index contributed by atoms with van der Waals surface area (Å²) in [5.41, 5.74) is 1.01. The largest absolute Gasteiger partial charge is 0.462 e. The van der Waals surface area contributed by atoms with Crippen LogP contribution in [0.3, 0.4) is 0 Å². The van der Waals surface area contributed by atoms with Crippen LogP contribution < -0.4 is 4.72 Å². The van der Waals surface area contributed by atoms with E-state index in [2.05, 4.69) is 4.72 Å². The number of hydrogen-bond donors (Lipinski definition) is 1. The monoisotopic (exact) mass is 301 g/mol. The van der Waals surface area contributed by atoms with Gasteiger partial charge in [0.15, 0.2) is 0 Å². The molecule has 5 heteroatoms. The summed E-state index contributed by atoms with van der Waals surface area (Å²) in [5, 5.41) is 0. The van der Waals surface area contributed by atoms with Crippen LogP contribution in [0.15, 0.2) is 59.5 Å². The highest BCUT2D eigenvalue weighted by Crippen LogP contribution is 2.21. The molecule has 0 bridgehead atoms. The molecule has 2 rings (SSSR count). The molecule has 4 nitrogen and oxygen atoms in total. The Balaban J connectivity index is 2.07. The first-order chi connectivity index (χ1) is 10.2. The molecule has 0 aromatic heterocycles. The Hall–Kier alpha value is -2.27. The number of carbonyl (C=O) groups excluding carboxylic acids is 2. The van der Waals surface area contributed by atoms with Crippen molar-refractivity contribution in [3.63, 3.8) is 0 Å². The van der Waals surface area contributed by atoms with Gasteiger partial charge in [-0.05, 0) is 43.1 Å². The van der Waals surface area contributed by atoms with Crippen molar-refractivity contribution in [2.45, 2.75) is 11.8 Å². The summed E-state index contributed by atoms with van der Waals surface area (Å²) in [6, 6.07) is 15.9. The molecule has 1 amide bonds.